The molecule has 0 radical (unpaired) electrons. The monoisotopic (exact) mass is 332 g/mol. The zero-order chi connectivity index (χ0) is 16.6. The van der Waals surface area contributed by atoms with Crippen molar-refractivity contribution in [2.75, 3.05) is 4.72 Å². The zero-order valence-electron chi connectivity index (χ0n) is 12.7. The van der Waals surface area contributed by atoms with Crippen molar-refractivity contribution >= 4 is 26.8 Å². The van der Waals surface area contributed by atoms with Gasteiger partial charge < -0.3 is 4.42 Å². The minimum Gasteiger partial charge on any atom is -0.408 e. The number of aromatic nitrogens is 1. The van der Waals surface area contributed by atoms with Crippen molar-refractivity contribution in [3.63, 3.8) is 0 Å². The summed E-state index contributed by atoms with van der Waals surface area (Å²) in [6, 6.07) is 9.92. The Balaban J connectivity index is 2.01. The first-order valence-electron chi connectivity index (χ1n) is 7.14. The molecule has 0 saturated carbocycles. The van der Waals surface area contributed by atoms with Gasteiger partial charge in [0, 0.05) is 6.07 Å². The highest BCUT2D eigenvalue weighted by molar-refractivity contribution is 7.92. The molecule has 120 valence electrons. The number of benzene rings is 2. The fourth-order valence-electron chi connectivity index (χ4n) is 2.30. The standard InChI is InChI=1S/C16H16N2O4S/c1-3-11-5-4-10(2)14(8-11)18-23(20,21)12-6-7-13-15(9-12)22-16(19)17-13/h4-9,18H,3H2,1-2H3,(H,17,19). The normalized spacial score (nSPS) is 11.7. The molecule has 3 aromatic rings. The lowest BCUT2D eigenvalue weighted by Crippen LogP contribution is -2.14. The van der Waals surface area contributed by atoms with Crippen LogP contribution in [0.1, 0.15) is 18.1 Å². The van der Waals surface area contributed by atoms with Crippen LogP contribution in [0.15, 0.2) is 50.5 Å². The summed E-state index contributed by atoms with van der Waals surface area (Å²) in [6.07, 6.45) is 0.815. The molecule has 3 rings (SSSR count). The van der Waals surface area contributed by atoms with Crippen LogP contribution in [0.3, 0.4) is 0 Å². The second kappa shape index (κ2) is 5.58. The first-order chi connectivity index (χ1) is 10.9. The molecule has 0 saturated heterocycles. The summed E-state index contributed by atoms with van der Waals surface area (Å²) in [5.41, 5.74) is 3.08. The second-order valence-corrected chi connectivity index (χ2v) is 6.96. The highest BCUT2D eigenvalue weighted by Gasteiger charge is 2.17. The van der Waals surface area contributed by atoms with Gasteiger partial charge in [0.25, 0.3) is 10.0 Å². The number of fused-ring (bicyclic) bond motifs is 1. The van der Waals surface area contributed by atoms with Gasteiger partial charge in [-0.15, -0.1) is 0 Å². The maximum Gasteiger partial charge on any atom is 0.417 e. The maximum atomic E-state index is 12.6. The van der Waals surface area contributed by atoms with Crippen LogP contribution in [0, 0.1) is 6.92 Å². The van der Waals surface area contributed by atoms with Gasteiger partial charge in [-0.2, -0.15) is 0 Å². The summed E-state index contributed by atoms with van der Waals surface area (Å²) in [5, 5.41) is 0. The van der Waals surface area contributed by atoms with Crippen LogP contribution in [0.2, 0.25) is 0 Å². The Morgan fingerprint density at radius 1 is 1.17 bits per heavy atom. The Labute approximate surface area is 133 Å². The lowest BCUT2D eigenvalue weighted by molar-refractivity contribution is 0.554. The number of sulfonamides is 1. The van der Waals surface area contributed by atoms with E-state index in [4.69, 9.17) is 4.42 Å². The van der Waals surface area contributed by atoms with Crippen LogP contribution < -0.4 is 10.5 Å². The smallest absolute Gasteiger partial charge is 0.408 e. The molecule has 0 atom stereocenters. The summed E-state index contributed by atoms with van der Waals surface area (Å²) < 4.78 is 32.6. The minimum atomic E-state index is -3.77. The van der Waals surface area contributed by atoms with Crippen molar-refractivity contribution in [1.29, 1.82) is 0 Å². The number of aromatic amines is 1. The van der Waals surface area contributed by atoms with E-state index in [0.29, 0.717) is 11.2 Å². The van der Waals surface area contributed by atoms with E-state index < -0.39 is 15.8 Å². The van der Waals surface area contributed by atoms with Gasteiger partial charge in [0.15, 0.2) is 5.58 Å². The van der Waals surface area contributed by atoms with E-state index in [1.54, 1.807) is 0 Å². The number of aryl methyl sites for hydroxylation is 2. The predicted octanol–water partition coefficient (Wildman–Crippen LogP) is 2.79. The Morgan fingerprint density at radius 3 is 2.70 bits per heavy atom. The number of hydrogen-bond donors (Lipinski definition) is 2. The number of H-pyrrole nitrogens is 1. The molecule has 6 nitrogen and oxygen atoms in total. The molecule has 1 heterocycles. The molecule has 0 amide bonds. The molecule has 1 aromatic heterocycles. The number of nitrogens with one attached hydrogen (secondary N) is 2. The van der Waals surface area contributed by atoms with E-state index in [1.165, 1.54) is 18.2 Å². The first kappa shape index (κ1) is 15.4. The van der Waals surface area contributed by atoms with Crippen LogP contribution >= 0.6 is 0 Å². The molecule has 2 N–H and O–H groups in total. The summed E-state index contributed by atoms with van der Waals surface area (Å²) in [7, 11) is -3.77. The summed E-state index contributed by atoms with van der Waals surface area (Å²) in [4.78, 5) is 13.7. The van der Waals surface area contributed by atoms with Crippen LogP contribution in [0.4, 0.5) is 5.69 Å². The van der Waals surface area contributed by atoms with Gasteiger partial charge in [-0.3, -0.25) is 9.71 Å². The Hall–Kier alpha value is -2.54. The van der Waals surface area contributed by atoms with Crippen molar-refractivity contribution < 1.29 is 12.8 Å². The average molecular weight is 332 g/mol. The van der Waals surface area contributed by atoms with Crippen LogP contribution in [0.25, 0.3) is 11.1 Å². The molecule has 0 aliphatic carbocycles. The molecule has 0 spiro atoms. The predicted molar refractivity (Wildman–Crippen MR) is 88.2 cm³/mol. The Bertz CT molecular complexity index is 1030. The number of oxazole rings is 1. The van der Waals surface area contributed by atoms with E-state index in [9.17, 15) is 13.2 Å². The molecular formula is C16H16N2O4S. The lowest BCUT2D eigenvalue weighted by atomic mass is 10.1. The minimum absolute atomic E-state index is 0.0362. The van der Waals surface area contributed by atoms with E-state index in [2.05, 4.69) is 9.71 Å². The van der Waals surface area contributed by atoms with E-state index in [0.717, 1.165) is 17.5 Å². The average Bonchev–Trinajstić information content (AvgIpc) is 2.88. The zero-order valence-corrected chi connectivity index (χ0v) is 13.5. The third-order valence-corrected chi connectivity index (χ3v) is 5.02. The van der Waals surface area contributed by atoms with Crippen LogP contribution in [-0.2, 0) is 16.4 Å². The van der Waals surface area contributed by atoms with Crippen LogP contribution in [-0.4, -0.2) is 13.4 Å². The van der Waals surface area contributed by atoms with Crippen molar-refractivity contribution in [2.45, 2.75) is 25.2 Å². The number of rotatable bonds is 4. The SMILES string of the molecule is CCc1ccc(C)c(NS(=O)(=O)c2ccc3[nH]c(=O)oc3c2)c1. The largest absolute Gasteiger partial charge is 0.417 e. The first-order valence-corrected chi connectivity index (χ1v) is 8.62. The fraction of sp³-hybridized carbons (Fsp3) is 0.188. The molecule has 0 aliphatic rings. The molecule has 0 fully saturated rings. The third-order valence-electron chi connectivity index (χ3n) is 3.66. The van der Waals surface area contributed by atoms with Crippen LogP contribution in [0.5, 0.6) is 0 Å². The van der Waals surface area contributed by atoms with Crippen molar-refractivity contribution in [1.82, 2.24) is 4.98 Å². The van der Waals surface area contributed by atoms with Gasteiger partial charge in [-0.1, -0.05) is 19.1 Å². The quantitative estimate of drug-likeness (QED) is 0.768. The molecule has 0 bridgehead atoms. The van der Waals surface area contributed by atoms with Gasteiger partial charge in [0.1, 0.15) is 0 Å². The van der Waals surface area contributed by atoms with E-state index in [1.807, 2.05) is 32.0 Å². The fourth-order valence-corrected chi connectivity index (χ4v) is 3.43. The summed E-state index contributed by atoms with van der Waals surface area (Å²) in [5.74, 6) is -0.617. The Morgan fingerprint density at radius 2 is 1.96 bits per heavy atom. The number of anilines is 1. The lowest BCUT2D eigenvalue weighted by Gasteiger charge is -2.12. The maximum absolute atomic E-state index is 12.6. The molecule has 23 heavy (non-hydrogen) atoms. The summed E-state index contributed by atoms with van der Waals surface area (Å²) in [6.45, 7) is 3.84. The van der Waals surface area contributed by atoms with Gasteiger partial charge in [-0.05, 0) is 42.7 Å². The van der Waals surface area contributed by atoms with E-state index in [-0.39, 0.29) is 10.5 Å². The highest BCUT2D eigenvalue weighted by Crippen LogP contribution is 2.23. The Kier molecular flexibility index (Phi) is 3.73. The van der Waals surface area contributed by atoms with Gasteiger partial charge >= 0.3 is 5.76 Å². The molecule has 0 unspecified atom stereocenters. The molecule has 2 aromatic carbocycles. The van der Waals surface area contributed by atoms with Gasteiger partial charge in [0.05, 0.1) is 16.1 Å². The topological polar surface area (TPSA) is 92.2 Å². The molecule has 0 aliphatic heterocycles. The van der Waals surface area contributed by atoms with Crippen molar-refractivity contribution in [3.8, 4) is 0 Å². The van der Waals surface area contributed by atoms with Crippen molar-refractivity contribution in [2.24, 2.45) is 0 Å². The highest BCUT2D eigenvalue weighted by atomic mass is 32.2. The van der Waals surface area contributed by atoms with Gasteiger partial charge in [0.2, 0.25) is 0 Å². The van der Waals surface area contributed by atoms with E-state index >= 15 is 0 Å². The summed E-state index contributed by atoms with van der Waals surface area (Å²) >= 11 is 0. The van der Waals surface area contributed by atoms with Gasteiger partial charge in [-0.25, -0.2) is 13.2 Å². The number of hydrogen-bond acceptors (Lipinski definition) is 4. The van der Waals surface area contributed by atoms with Crippen molar-refractivity contribution in [3.05, 3.63) is 58.1 Å². The molecular weight excluding hydrogens is 316 g/mol. The third kappa shape index (κ3) is 3.00. The molecule has 7 heteroatoms. The second-order valence-electron chi connectivity index (χ2n) is 5.28.